The predicted molar refractivity (Wildman–Crippen MR) is 104 cm³/mol. The average molecular weight is 373 g/mol. The lowest BCUT2D eigenvalue weighted by molar-refractivity contribution is -0.0938. The van der Waals surface area contributed by atoms with Crippen LogP contribution in [0.2, 0.25) is 0 Å². The molecule has 5 heteroatoms. The van der Waals surface area contributed by atoms with Gasteiger partial charge in [-0.1, -0.05) is 64.0 Å². The summed E-state index contributed by atoms with van der Waals surface area (Å²) in [4.78, 5) is 0. The van der Waals surface area contributed by atoms with E-state index in [1.54, 1.807) is 0 Å². The average Bonchev–Trinajstić information content (AvgIpc) is 3.02. The largest absolute Gasteiger partial charge is 0.394 e. The van der Waals surface area contributed by atoms with E-state index in [-0.39, 0.29) is 13.2 Å². The second kappa shape index (κ2) is 15.6. The molecule has 0 aromatic carbocycles. The fourth-order valence-corrected chi connectivity index (χ4v) is 3.28. The van der Waals surface area contributed by atoms with Gasteiger partial charge in [-0.05, 0) is 25.7 Å². The summed E-state index contributed by atoms with van der Waals surface area (Å²) < 4.78 is 11.0. The molecule has 1 rings (SSSR count). The third-order valence-electron chi connectivity index (χ3n) is 4.95. The second-order valence-corrected chi connectivity index (χ2v) is 7.33. The van der Waals surface area contributed by atoms with Crippen LogP contribution in [0.1, 0.15) is 77.6 Å². The first-order valence-electron chi connectivity index (χ1n) is 10.6. The van der Waals surface area contributed by atoms with Gasteiger partial charge >= 0.3 is 0 Å². The van der Waals surface area contributed by atoms with Crippen molar-refractivity contribution in [2.45, 2.75) is 102 Å². The molecule has 1 aliphatic rings. The van der Waals surface area contributed by atoms with E-state index in [4.69, 9.17) is 14.6 Å². The molecule has 0 saturated carbocycles. The highest BCUT2D eigenvalue weighted by atomic mass is 16.6. The van der Waals surface area contributed by atoms with Crippen LogP contribution in [-0.2, 0) is 9.47 Å². The molecule has 1 heterocycles. The Morgan fingerprint density at radius 2 is 1.62 bits per heavy atom. The molecule has 0 unspecified atom stereocenters. The lowest BCUT2D eigenvalue weighted by Crippen LogP contribution is -2.42. The summed E-state index contributed by atoms with van der Waals surface area (Å²) in [7, 11) is 0. The number of allylic oxidation sites excluding steroid dienone is 2. The molecule has 1 fully saturated rings. The van der Waals surface area contributed by atoms with Gasteiger partial charge in [0.2, 0.25) is 0 Å². The Hall–Kier alpha value is -0.460. The van der Waals surface area contributed by atoms with Gasteiger partial charge in [0, 0.05) is 6.61 Å². The smallest absolute Gasteiger partial charge is 0.114 e. The third kappa shape index (κ3) is 10.0. The van der Waals surface area contributed by atoms with Gasteiger partial charge in [-0.2, -0.15) is 0 Å². The van der Waals surface area contributed by atoms with Gasteiger partial charge in [-0.3, -0.25) is 0 Å². The molecule has 154 valence electrons. The molecule has 0 bridgehead atoms. The maximum absolute atomic E-state index is 9.86. The van der Waals surface area contributed by atoms with Gasteiger partial charge in [0.1, 0.15) is 24.4 Å². The van der Waals surface area contributed by atoms with Gasteiger partial charge in [0.25, 0.3) is 0 Å². The van der Waals surface area contributed by atoms with E-state index >= 15 is 0 Å². The Kier molecular flexibility index (Phi) is 14.1. The summed E-state index contributed by atoms with van der Waals surface area (Å²) in [5.74, 6) is 0. The molecule has 0 radical (unpaired) electrons. The number of hydrogen-bond acceptors (Lipinski definition) is 5. The number of rotatable bonds is 16. The summed E-state index contributed by atoms with van der Waals surface area (Å²) in [5.41, 5.74) is 0. The number of aliphatic hydroxyl groups excluding tert-OH is 3. The monoisotopic (exact) mass is 372 g/mol. The van der Waals surface area contributed by atoms with Crippen LogP contribution < -0.4 is 0 Å². The molecule has 26 heavy (non-hydrogen) atoms. The van der Waals surface area contributed by atoms with Crippen LogP contribution in [0, 0.1) is 0 Å². The zero-order valence-corrected chi connectivity index (χ0v) is 16.5. The Morgan fingerprint density at radius 1 is 1.00 bits per heavy atom. The molecule has 5 nitrogen and oxygen atoms in total. The van der Waals surface area contributed by atoms with E-state index in [1.165, 1.54) is 57.8 Å². The summed E-state index contributed by atoms with van der Waals surface area (Å²) >= 11 is 0. The Balaban J connectivity index is 1.92. The first kappa shape index (κ1) is 23.6. The summed E-state index contributed by atoms with van der Waals surface area (Å²) in [6.45, 7) is 2.55. The van der Waals surface area contributed by atoms with E-state index in [0.717, 1.165) is 12.8 Å². The first-order valence-corrected chi connectivity index (χ1v) is 10.6. The van der Waals surface area contributed by atoms with E-state index in [9.17, 15) is 10.2 Å². The highest BCUT2D eigenvalue weighted by molar-refractivity contribution is 4.89. The van der Waals surface area contributed by atoms with Crippen LogP contribution in [0.15, 0.2) is 12.2 Å². The topological polar surface area (TPSA) is 79.2 Å². The van der Waals surface area contributed by atoms with E-state index in [2.05, 4.69) is 19.1 Å². The van der Waals surface area contributed by atoms with E-state index in [0.29, 0.717) is 6.61 Å². The lowest BCUT2D eigenvalue weighted by atomic mass is 10.1. The van der Waals surface area contributed by atoms with Crippen molar-refractivity contribution in [3.63, 3.8) is 0 Å². The molecule has 0 aliphatic carbocycles. The van der Waals surface area contributed by atoms with Crippen LogP contribution in [0.3, 0.4) is 0 Å². The minimum absolute atomic E-state index is 0.153. The molecular weight excluding hydrogens is 332 g/mol. The molecular formula is C21H40O5. The van der Waals surface area contributed by atoms with Crippen LogP contribution >= 0.6 is 0 Å². The molecule has 0 amide bonds. The normalized spacial score (nSPS) is 24.5. The van der Waals surface area contributed by atoms with Crippen molar-refractivity contribution in [2.75, 3.05) is 19.8 Å². The highest BCUT2D eigenvalue weighted by Gasteiger charge is 2.40. The fourth-order valence-electron chi connectivity index (χ4n) is 3.28. The molecule has 1 saturated heterocycles. The number of unbranched alkanes of at least 4 members (excludes halogenated alkanes) is 9. The Morgan fingerprint density at radius 3 is 2.27 bits per heavy atom. The fraction of sp³-hybridized carbons (Fsp3) is 0.905. The van der Waals surface area contributed by atoms with Crippen molar-refractivity contribution in [3.8, 4) is 0 Å². The van der Waals surface area contributed by atoms with Gasteiger partial charge in [-0.15, -0.1) is 0 Å². The summed E-state index contributed by atoms with van der Waals surface area (Å²) in [5, 5.41) is 28.6. The van der Waals surface area contributed by atoms with Crippen molar-refractivity contribution >= 4 is 0 Å². The molecule has 0 spiro atoms. The van der Waals surface area contributed by atoms with E-state index < -0.39 is 24.4 Å². The van der Waals surface area contributed by atoms with Gasteiger partial charge in [0.15, 0.2) is 0 Å². The van der Waals surface area contributed by atoms with E-state index in [1.807, 2.05) is 0 Å². The number of hydrogen-bond donors (Lipinski definition) is 3. The quantitative estimate of drug-likeness (QED) is 0.286. The van der Waals surface area contributed by atoms with Crippen LogP contribution in [-0.4, -0.2) is 59.6 Å². The van der Waals surface area contributed by atoms with Crippen molar-refractivity contribution < 1.29 is 24.8 Å². The lowest BCUT2D eigenvalue weighted by Gasteiger charge is -2.23. The molecule has 0 aromatic heterocycles. The van der Waals surface area contributed by atoms with Crippen LogP contribution in [0.4, 0.5) is 0 Å². The van der Waals surface area contributed by atoms with Crippen LogP contribution in [0.5, 0.6) is 0 Å². The molecule has 1 aliphatic heterocycles. The molecule has 0 aromatic rings. The zero-order chi connectivity index (χ0) is 19.0. The molecule has 3 N–H and O–H groups in total. The number of ether oxygens (including phenoxy) is 2. The number of aliphatic hydroxyl groups is 3. The van der Waals surface area contributed by atoms with Crippen molar-refractivity contribution in [3.05, 3.63) is 12.2 Å². The summed E-state index contributed by atoms with van der Waals surface area (Å²) in [6.07, 6.45) is 15.2. The predicted octanol–water partition coefficient (Wildman–Crippen LogP) is 3.35. The SMILES string of the molecule is CCCC/C=C/CCCCCCCCCO[C@H]1[C@@H]([C@H](O)CO)OC[C@@H]1O. The van der Waals surface area contributed by atoms with Gasteiger partial charge < -0.3 is 24.8 Å². The van der Waals surface area contributed by atoms with Crippen LogP contribution in [0.25, 0.3) is 0 Å². The maximum Gasteiger partial charge on any atom is 0.114 e. The third-order valence-corrected chi connectivity index (χ3v) is 4.95. The van der Waals surface area contributed by atoms with Crippen molar-refractivity contribution in [2.24, 2.45) is 0 Å². The molecule has 4 atom stereocenters. The second-order valence-electron chi connectivity index (χ2n) is 7.33. The zero-order valence-electron chi connectivity index (χ0n) is 16.5. The van der Waals surface area contributed by atoms with Gasteiger partial charge in [-0.25, -0.2) is 0 Å². The first-order chi connectivity index (χ1) is 12.7. The highest BCUT2D eigenvalue weighted by Crippen LogP contribution is 2.21. The van der Waals surface area contributed by atoms with Gasteiger partial charge in [0.05, 0.1) is 13.2 Å². The minimum atomic E-state index is -1.00. The van der Waals surface area contributed by atoms with Crippen molar-refractivity contribution in [1.29, 1.82) is 0 Å². The maximum atomic E-state index is 9.86. The minimum Gasteiger partial charge on any atom is -0.394 e. The van der Waals surface area contributed by atoms with Crippen molar-refractivity contribution in [1.82, 2.24) is 0 Å². The Labute approximate surface area is 159 Å². The summed E-state index contributed by atoms with van der Waals surface area (Å²) in [6, 6.07) is 0. The Bertz CT molecular complexity index is 347. The standard InChI is InChI=1S/C21H40O5/c1-2-3-4-5-6-7-8-9-10-11-12-13-14-15-25-21-19(24)17-26-20(21)18(23)16-22/h5-6,18-24H,2-4,7-17H2,1H3/b6-5+/t18-,19+,20-,21-/m1/s1.